The molecule has 1 spiro atoms. The Kier molecular flexibility index (Phi) is 4.94. The van der Waals surface area contributed by atoms with E-state index in [4.69, 9.17) is 20.0 Å². The zero-order valence-electron chi connectivity index (χ0n) is 13.3. The highest BCUT2D eigenvalue weighted by Gasteiger charge is 2.41. The lowest BCUT2D eigenvalue weighted by molar-refractivity contribution is -0.0919. The van der Waals surface area contributed by atoms with Gasteiger partial charge in [-0.25, -0.2) is 4.39 Å². The van der Waals surface area contributed by atoms with Crippen LogP contribution in [0.1, 0.15) is 36.5 Å². The number of halogens is 1. The van der Waals surface area contributed by atoms with Crippen LogP contribution in [0.5, 0.6) is 0 Å². The van der Waals surface area contributed by atoms with Crippen molar-refractivity contribution in [1.29, 1.82) is 0 Å². The molecule has 2 unspecified atom stereocenters. The minimum Gasteiger partial charge on any atom is -0.388 e. The first-order valence-electron chi connectivity index (χ1n) is 7.95. The van der Waals surface area contributed by atoms with Gasteiger partial charge in [0.25, 0.3) is 0 Å². The van der Waals surface area contributed by atoms with Gasteiger partial charge in [0.05, 0.1) is 31.1 Å². The second-order valence-corrected chi connectivity index (χ2v) is 6.20. The van der Waals surface area contributed by atoms with E-state index in [-0.39, 0.29) is 5.60 Å². The Labute approximate surface area is 135 Å². The third-order valence-corrected chi connectivity index (χ3v) is 4.64. The van der Waals surface area contributed by atoms with Crippen molar-refractivity contribution in [3.8, 4) is 0 Å². The second-order valence-electron chi connectivity index (χ2n) is 6.20. The number of methoxy groups -OCH3 is 1. The van der Waals surface area contributed by atoms with Crippen LogP contribution in [0.3, 0.4) is 0 Å². The van der Waals surface area contributed by atoms with E-state index in [1.54, 1.807) is 0 Å². The predicted octanol–water partition coefficient (Wildman–Crippen LogP) is 2.34. The fourth-order valence-electron chi connectivity index (χ4n) is 3.19. The molecule has 1 saturated heterocycles. The summed E-state index contributed by atoms with van der Waals surface area (Å²) >= 11 is 0. The van der Waals surface area contributed by atoms with Gasteiger partial charge in [-0.3, -0.25) is 0 Å². The zero-order valence-corrected chi connectivity index (χ0v) is 13.3. The van der Waals surface area contributed by atoms with Crippen molar-refractivity contribution >= 4 is 5.71 Å². The molecule has 0 saturated carbocycles. The molecule has 1 aromatic rings. The molecule has 1 fully saturated rings. The van der Waals surface area contributed by atoms with Crippen LogP contribution in [0.25, 0.3) is 0 Å². The summed E-state index contributed by atoms with van der Waals surface area (Å²) in [5, 5.41) is 4.27. The second kappa shape index (κ2) is 6.95. The van der Waals surface area contributed by atoms with Crippen LogP contribution >= 0.6 is 0 Å². The molecule has 0 bridgehead atoms. The largest absolute Gasteiger partial charge is 0.388 e. The minimum atomic E-state index is -0.663. The Morgan fingerprint density at radius 2 is 2.00 bits per heavy atom. The molecule has 23 heavy (non-hydrogen) atoms. The monoisotopic (exact) mass is 322 g/mol. The lowest BCUT2D eigenvalue weighted by atomic mass is 9.87. The van der Waals surface area contributed by atoms with E-state index in [1.807, 2.05) is 24.3 Å². The standard InChI is InChI=1S/C17H23FN2O3/c1-21-16(14(19)11-18)13-4-2-12(3-5-13)15-10-17(23-20-15)6-8-22-9-7-17/h2-5,14,16H,6-11,19H2,1H3. The molecule has 2 heterocycles. The first-order chi connectivity index (χ1) is 11.2. The summed E-state index contributed by atoms with van der Waals surface area (Å²) in [5.41, 5.74) is 8.38. The SMILES string of the molecule is COC(c1ccc(C2=NOC3(CCOCC3)C2)cc1)C(N)CF. The number of benzene rings is 1. The summed E-state index contributed by atoms with van der Waals surface area (Å²) in [5.74, 6) is 0. The summed E-state index contributed by atoms with van der Waals surface area (Å²) in [6.07, 6.45) is 2.09. The van der Waals surface area contributed by atoms with Gasteiger partial charge in [-0.15, -0.1) is 0 Å². The molecule has 2 aliphatic rings. The van der Waals surface area contributed by atoms with E-state index >= 15 is 0 Å². The number of alkyl halides is 1. The predicted molar refractivity (Wildman–Crippen MR) is 85.2 cm³/mol. The molecule has 6 heteroatoms. The zero-order chi connectivity index (χ0) is 16.3. The van der Waals surface area contributed by atoms with Crippen molar-refractivity contribution in [3.63, 3.8) is 0 Å². The van der Waals surface area contributed by atoms with Crippen molar-refractivity contribution in [3.05, 3.63) is 35.4 Å². The van der Waals surface area contributed by atoms with Crippen LogP contribution in [-0.2, 0) is 14.3 Å². The summed E-state index contributed by atoms with van der Waals surface area (Å²) in [6.45, 7) is 0.822. The van der Waals surface area contributed by atoms with Crippen LogP contribution < -0.4 is 5.73 Å². The molecule has 0 aliphatic carbocycles. The van der Waals surface area contributed by atoms with Gasteiger partial charge in [0, 0.05) is 26.4 Å². The minimum absolute atomic E-state index is 0.197. The fourth-order valence-corrected chi connectivity index (χ4v) is 3.19. The Bertz CT molecular complexity index is 555. The van der Waals surface area contributed by atoms with Crippen molar-refractivity contribution < 1.29 is 18.7 Å². The van der Waals surface area contributed by atoms with Crippen LogP contribution in [-0.4, -0.2) is 44.4 Å². The summed E-state index contributed by atoms with van der Waals surface area (Å²) in [7, 11) is 1.54. The van der Waals surface area contributed by atoms with Crippen molar-refractivity contribution in [2.24, 2.45) is 10.9 Å². The number of nitrogens with zero attached hydrogens (tertiary/aromatic N) is 1. The maximum Gasteiger partial charge on any atom is 0.147 e. The van der Waals surface area contributed by atoms with Crippen molar-refractivity contribution in [1.82, 2.24) is 0 Å². The smallest absolute Gasteiger partial charge is 0.147 e. The summed E-state index contributed by atoms with van der Waals surface area (Å²) in [4.78, 5) is 5.72. The van der Waals surface area contributed by atoms with Crippen LogP contribution in [0, 0.1) is 0 Å². The molecule has 126 valence electrons. The highest BCUT2D eigenvalue weighted by molar-refractivity contribution is 6.01. The average molecular weight is 322 g/mol. The number of hydrogen-bond acceptors (Lipinski definition) is 5. The maximum absolute atomic E-state index is 12.8. The maximum atomic E-state index is 12.8. The van der Waals surface area contributed by atoms with Crippen LogP contribution in [0.15, 0.2) is 29.4 Å². The molecule has 0 aromatic heterocycles. The topological polar surface area (TPSA) is 66.1 Å². The number of ether oxygens (including phenoxy) is 2. The third kappa shape index (κ3) is 3.39. The molecule has 3 rings (SSSR count). The van der Waals surface area contributed by atoms with Crippen LogP contribution in [0.2, 0.25) is 0 Å². The van der Waals surface area contributed by atoms with Gasteiger partial charge in [0.1, 0.15) is 12.3 Å². The number of rotatable bonds is 5. The van der Waals surface area contributed by atoms with E-state index in [2.05, 4.69) is 5.16 Å². The lowest BCUT2D eigenvalue weighted by Gasteiger charge is -2.30. The number of nitrogens with two attached hydrogens (primary N) is 1. The molecular weight excluding hydrogens is 299 g/mol. The molecule has 2 N–H and O–H groups in total. The molecule has 0 amide bonds. The molecule has 2 aliphatic heterocycles. The normalized spacial score (nSPS) is 22.5. The van der Waals surface area contributed by atoms with E-state index in [0.29, 0.717) is 0 Å². The van der Waals surface area contributed by atoms with Crippen molar-refractivity contribution in [2.45, 2.75) is 37.0 Å². The lowest BCUT2D eigenvalue weighted by Crippen LogP contribution is -2.36. The Morgan fingerprint density at radius 1 is 1.30 bits per heavy atom. The van der Waals surface area contributed by atoms with Gasteiger partial charge in [0.2, 0.25) is 0 Å². The quantitative estimate of drug-likeness (QED) is 0.903. The van der Waals surface area contributed by atoms with Gasteiger partial charge in [0.15, 0.2) is 0 Å². The van der Waals surface area contributed by atoms with Gasteiger partial charge in [-0.05, 0) is 11.1 Å². The van der Waals surface area contributed by atoms with Gasteiger partial charge in [-0.1, -0.05) is 29.4 Å². The van der Waals surface area contributed by atoms with Crippen molar-refractivity contribution in [2.75, 3.05) is 27.0 Å². The van der Waals surface area contributed by atoms with Gasteiger partial charge in [-0.2, -0.15) is 0 Å². The van der Waals surface area contributed by atoms with E-state index in [1.165, 1.54) is 7.11 Å². The van der Waals surface area contributed by atoms with E-state index in [0.717, 1.165) is 49.3 Å². The number of oxime groups is 1. The fraction of sp³-hybridized carbons (Fsp3) is 0.588. The molecular formula is C17H23FN2O3. The molecule has 1 aromatic carbocycles. The Hall–Kier alpha value is -1.50. The van der Waals surface area contributed by atoms with Gasteiger partial charge >= 0.3 is 0 Å². The molecule has 0 radical (unpaired) electrons. The first-order valence-corrected chi connectivity index (χ1v) is 7.95. The first kappa shape index (κ1) is 16.4. The molecule has 2 atom stereocenters. The Balaban J connectivity index is 1.70. The summed E-state index contributed by atoms with van der Waals surface area (Å²) in [6, 6.07) is 7.09. The van der Waals surface area contributed by atoms with E-state index < -0.39 is 18.8 Å². The van der Waals surface area contributed by atoms with E-state index in [9.17, 15) is 4.39 Å². The van der Waals surface area contributed by atoms with Gasteiger partial charge < -0.3 is 20.0 Å². The molecule has 5 nitrogen and oxygen atoms in total. The highest BCUT2D eigenvalue weighted by Crippen LogP contribution is 2.35. The Morgan fingerprint density at radius 3 is 2.61 bits per heavy atom. The average Bonchev–Trinajstić information content (AvgIpc) is 3.00. The third-order valence-electron chi connectivity index (χ3n) is 4.64. The number of hydrogen-bond donors (Lipinski definition) is 1. The highest BCUT2D eigenvalue weighted by atomic mass is 19.1. The van der Waals surface area contributed by atoms with Crippen LogP contribution in [0.4, 0.5) is 4.39 Å². The summed E-state index contributed by atoms with van der Waals surface area (Å²) < 4.78 is 23.5.